The number of aliphatic hydroxyl groups is 1. The molecule has 2 rings (SSSR count). The summed E-state index contributed by atoms with van der Waals surface area (Å²) in [6.45, 7) is -0.00818. The van der Waals surface area contributed by atoms with Crippen molar-refractivity contribution >= 4 is 20.9 Å². The van der Waals surface area contributed by atoms with E-state index in [9.17, 15) is 13.5 Å². The summed E-state index contributed by atoms with van der Waals surface area (Å²) in [6, 6.07) is 4.34. The van der Waals surface area contributed by atoms with Gasteiger partial charge in [-0.25, -0.2) is 13.4 Å². The fourth-order valence-electron chi connectivity index (χ4n) is 1.40. The Bertz CT molecular complexity index is 647. The van der Waals surface area contributed by atoms with Crippen molar-refractivity contribution in [1.82, 2.24) is 4.98 Å². The minimum Gasteiger partial charge on any atom is -0.438 e. The standard InChI is InChI=1S/C10H12N2O4S/c1-17(14,15)6-2-3-9-7(4-6)12-10(16-9)8(13)5-11/h2-4,8,13H,5,11H2,1H3. The normalized spacial score (nSPS) is 14.1. The van der Waals surface area contributed by atoms with Crippen LogP contribution in [0.1, 0.15) is 12.0 Å². The van der Waals surface area contributed by atoms with E-state index in [1.165, 1.54) is 18.2 Å². The number of fused-ring (bicyclic) bond motifs is 1. The first-order chi connectivity index (χ1) is 7.91. The number of hydrogen-bond donors (Lipinski definition) is 2. The molecule has 3 N–H and O–H groups in total. The fourth-order valence-corrected chi connectivity index (χ4v) is 2.04. The Labute approximate surface area is 98.0 Å². The van der Waals surface area contributed by atoms with Crippen molar-refractivity contribution in [2.45, 2.75) is 11.0 Å². The van der Waals surface area contributed by atoms with Crippen LogP contribution < -0.4 is 5.73 Å². The molecular formula is C10H12N2O4S. The Kier molecular flexibility index (Phi) is 2.90. The van der Waals surface area contributed by atoms with Gasteiger partial charge in [0.15, 0.2) is 15.4 Å². The van der Waals surface area contributed by atoms with E-state index in [0.717, 1.165) is 6.26 Å². The van der Waals surface area contributed by atoms with Crippen LogP contribution in [-0.2, 0) is 9.84 Å². The highest BCUT2D eigenvalue weighted by Crippen LogP contribution is 2.22. The highest BCUT2D eigenvalue weighted by atomic mass is 32.2. The van der Waals surface area contributed by atoms with Crippen molar-refractivity contribution in [3.8, 4) is 0 Å². The predicted octanol–water partition coefficient (Wildman–Crippen LogP) is 0.223. The molecule has 1 aromatic heterocycles. The molecule has 6 nitrogen and oxygen atoms in total. The molecule has 0 aliphatic rings. The number of nitrogens with two attached hydrogens (primary N) is 1. The summed E-state index contributed by atoms with van der Waals surface area (Å²) in [7, 11) is -3.28. The van der Waals surface area contributed by atoms with Gasteiger partial charge in [0.1, 0.15) is 11.6 Å². The van der Waals surface area contributed by atoms with E-state index >= 15 is 0 Å². The van der Waals surface area contributed by atoms with Crippen molar-refractivity contribution in [1.29, 1.82) is 0 Å². The maximum Gasteiger partial charge on any atom is 0.225 e. The van der Waals surface area contributed by atoms with Crippen molar-refractivity contribution in [3.05, 3.63) is 24.1 Å². The van der Waals surface area contributed by atoms with Crippen LogP contribution in [-0.4, -0.2) is 31.3 Å². The molecule has 0 saturated heterocycles. The van der Waals surface area contributed by atoms with Crippen LogP contribution in [0.4, 0.5) is 0 Å². The van der Waals surface area contributed by atoms with E-state index < -0.39 is 15.9 Å². The molecular weight excluding hydrogens is 244 g/mol. The lowest BCUT2D eigenvalue weighted by molar-refractivity contribution is 0.154. The van der Waals surface area contributed by atoms with Crippen molar-refractivity contribution < 1.29 is 17.9 Å². The van der Waals surface area contributed by atoms with E-state index in [4.69, 9.17) is 10.2 Å². The lowest BCUT2D eigenvalue weighted by Gasteiger charge is -1.99. The summed E-state index contributed by atoms with van der Waals surface area (Å²) < 4.78 is 27.9. The minimum absolute atomic E-state index is 0.00818. The Morgan fingerprint density at radius 1 is 1.53 bits per heavy atom. The minimum atomic E-state index is -3.28. The maximum absolute atomic E-state index is 11.3. The smallest absolute Gasteiger partial charge is 0.225 e. The molecule has 0 amide bonds. The number of benzene rings is 1. The van der Waals surface area contributed by atoms with Crippen LogP contribution in [0.3, 0.4) is 0 Å². The lowest BCUT2D eigenvalue weighted by atomic mass is 10.3. The van der Waals surface area contributed by atoms with Gasteiger partial charge in [0.05, 0.1) is 4.90 Å². The van der Waals surface area contributed by atoms with Crippen LogP contribution in [0.25, 0.3) is 11.1 Å². The highest BCUT2D eigenvalue weighted by molar-refractivity contribution is 7.90. The maximum atomic E-state index is 11.3. The first kappa shape index (κ1) is 12.0. The molecule has 7 heteroatoms. The van der Waals surface area contributed by atoms with Crippen LogP contribution >= 0.6 is 0 Å². The molecule has 17 heavy (non-hydrogen) atoms. The predicted molar refractivity (Wildman–Crippen MR) is 61.1 cm³/mol. The third-order valence-corrected chi connectivity index (χ3v) is 3.42. The molecule has 0 radical (unpaired) electrons. The van der Waals surface area contributed by atoms with E-state index in [2.05, 4.69) is 4.98 Å². The van der Waals surface area contributed by atoms with Crippen LogP contribution in [0.5, 0.6) is 0 Å². The molecule has 1 unspecified atom stereocenters. The van der Waals surface area contributed by atoms with Gasteiger partial charge in [-0.2, -0.15) is 0 Å². The van der Waals surface area contributed by atoms with Gasteiger partial charge in [0.25, 0.3) is 0 Å². The fraction of sp³-hybridized carbons (Fsp3) is 0.300. The van der Waals surface area contributed by atoms with E-state index in [1.54, 1.807) is 0 Å². The topological polar surface area (TPSA) is 106 Å². The zero-order chi connectivity index (χ0) is 12.6. The SMILES string of the molecule is CS(=O)(=O)c1ccc2oc(C(O)CN)nc2c1. The molecule has 1 atom stereocenters. The zero-order valence-corrected chi connectivity index (χ0v) is 9.94. The number of aromatic nitrogens is 1. The summed E-state index contributed by atoms with van der Waals surface area (Å²) in [4.78, 5) is 4.16. The van der Waals surface area contributed by atoms with Gasteiger partial charge in [0.2, 0.25) is 5.89 Å². The second-order valence-electron chi connectivity index (χ2n) is 3.71. The van der Waals surface area contributed by atoms with E-state index in [1.807, 2.05) is 0 Å². The highest BCUT2D eigenvalue weighted by Gasteiger charge is 2.15. The molecule has 0 aliphatic carbocycles. The number of sulfone groups is 1. The first-order valence-electron chi connectivity index (χ1n) is 4.90. The molecule has 92 valence electrons. The largest absolute Gasteiger partial charge is 0.438 e. The second kappa shape index (κ2) is 4.10. The summed E-state index contributed by atoms with van der Waals surface area (Å²) in [5.41, 5.74) is 6.08. The molecule has 0 aliphatic heterocycles. The first-order valence-corrected chi connectivity index (χ1v) is 6.79. The van der Waals surface area contributed by atoms with Gasteiger partial charge in [-0.05, 0) is 18.2 Å². The van der Waals surface area contributed by atoms with Crippen molar-refractivity contribution in [2.75, 3.05) is 12.8 Å². The number of oxazole rings is 1. The zero-order valence-electron chi connectivity index (χ0n) is 9.12. The number of aliphatic hydroxyl groups excluding tert-OH is 1. The van der Waals surface area contributed by atoms with Crippen LogP contribution in [0, 0.1) is 0 Å². The van der Waals surface area contributed by atoms with Gasteiger partial charge in [-0.1, -0.05) is 0 Å². The van der Waals surface area contributed by atoms with E-state index in [-0.39, 0.29) is 17.3 Å². The molecule has 2 aromatic rings. The summed E-state index contributed by atoms with van der Waals surface area (Å²) in [5, 5.41) is 9.46. The summed E-state index contributed by atoms with van der Waals surface area (Å²) in [5.74, 6) is 0.0909. The Morgan fingerprint density at radius 3 is 2.82 bits per heavy atom. The van der Waals surface area contributed by atoms with E-state index in [0.29, 0.717) is 11.1 Å². The number of nitrogens with zero attached hydrogens (tertiary/aromatic N) is 1. The monoisotopic (exact) mass is 256 g/mol. The third-order valence-electron chi connectivity index (χ3n) is 2.31. The van der Waals surface area contributed by atoms with Crippen molar-refractivity contribution in [2.24, 2.45) is 5.73 Å². The van der Waals surface area contributed by atoms with Gasteiger partial charge >= 0.3 is 0 Å². The Morgan fingerprint density at radius 2 is 2.24 bits per heavy atom. The number of hydrogen-bond acceptors (Lipinski definition) is 6. The average Bonchev–Trinajstić information content (AvgIpc) is 2.69. The van der Waals surface area contributed by atoms with Crippen molar-refractivity contribution in [3.63, 3.8) is 0 Å². The average molecular weight is 256 g/mol. The molecule has 0 spiro atoms. The molecule has 1 aromatic carbocycles. The second-order valence-corrected chi connectivity index (χ2v) is 5.72. The lowest BCUT2D eigenvalue weighted by Crippen LogP contribution is -2.11. The van der Waals surface area contributed by atoms with Crippen LogP contribution in [0.2, 0.25) is 0 Å². The Balaban J connectivity index is 2.56. The molecule has 0 fully saturated rings. The van der Waals surface area contributed by atoms with Gasteiger partial charge < -0.3 is 15.3 Å². The summed E-state index contributed by atoms with van der Waals surface area (Å²) >= 11 is 0. The summed E-state index contributed by atoms with van der Waals surface area (Å²) in [6.07, 6.45) is 0.133. The van der Waals surface area contributed by atoms with Gasteiger partial charge in [0, 0.05) is 12.8 Å². The van der Waals surface area contributed by atoms with Gasteiger partial charge in [-0.15, -0.1) is 0 Å². The van der Waals surface area contributed by atoms with Gasteiger partial charge in [-0.3, -0.25) is 0 Å². The third kappa shape index (κ3) is 2.31. The molecule has 0 saturated carbocycles. The van der Waals surface area contributed by atoms with Crippen LogP contribution in [0.15, 0.2) is 27.5 Å². The quantitative estimate of drug-likeness (QED) is 0.813. The Hall–Kier alpha value is -1.44. The molecule has 0 bridgehead atoms. The molecule has 1 heterocycles. The number of rotatable bonds is 3.